The third kappa shape index (κ3) is 4.21. The quantitative estimate of drug-likeness (QED) is 0.311. The van der Waals surface area contributed by atoms with Crippen LogP contribution in [-0.2, 0) is 13.1 Å². The number of fused-ring (bicyclic) bond motifs is 2. The Morgan fingerprint density at radius 3 is 1.34 bits per heavy atom. The molecule has 186 valence electrons. The SMILES string of the molecule is Cc1cc2oc(CN3CCCN(Cc4oc5cc(C)c(C)c(C)c5c4C)CC3)c(C)c2c(C)c1C. The fourth-order valence-corrected chi connectivity index (χ4v) is 5.93. The van der Waals surface area contributed by atoms with E-state index in [1.807, 2.05) is 0 Å². The van der Waals surface area contributed by atoms with Crippen molar-refractivity contribution in [3.05, 3.63) is 68.2 Å². The summed E-state index contributed by atoms with van der Waals surface area (Å²) in [5.41, 5.74) is 12.8. The van der Waals surface area contributed by atoms with E-state index in [9.17, 15) is 0 Å². The summed E-state index contributed by atoms with van der Waals surface area (Å²) < 4.78 is 12.8. The molecule has 0 atom stereocenters. The van der Waals surface area contributed by atoms with Crippen molar-refractivity contribution >= 4 is 21.9 Å². The lowest BCUT2D eigenvalue weighted by Gasteiger charge is -2.21. The molecule has 1 aliphatic rings. The first-order valence-corrected chi connectivity index (χ1v) is 13.1. The third-order valence-electron chi connectivity index (χ3n) is 8.71. The molecule has 0 saturated carbocycles. The fraction of sp³-hybridized carbons (Fsp3) is 0.484. The second kappa shape index (κ2) is 9.15. The Bertz CT molecular complexity index is 1310. The first-order valence-electron chi connectivity index (χ1n) is 13.1. The van der Waals surface area contributed by atoms with Crippen LogP contribution in [0, 0.1) is 55.4 Å². The van der Waals surface area contributed by atoms with Crippen LogP contribution in [0.5, 0.6) is 0 Å². The molecule has 2 aromatic heterocycles. The van der Waals surface area contributed by atoms with E-state index in [-0.39, 0.29) is 0 Å². The number of aryl methyl sites for hydroxylation is 6. The Kier molecular flexibility index (Phi) is 6.31. The zero-order valence-corrected chi connectivity index (χ0v) is 22.8. The molecule has 0 radical (unpaired) electrons. The van der Waals surface area contributed by atoms with Crippen molar-refractivity contribution in [3.8, 4) is 0 Å². The lowest BCUT2D eigenvalue weighted by atomic mass is 9.98. The molecule has 4 aromatic rings. The van der Waals surface area contributed by atoms with Crippen LogP contribution >= 0.6 is 0 Å². The molecule has 4 nitrogen and oxygen atoms in total. The number of benzene rings is 2. The number of furan rings is 2. The van der Waals surface area contributed by atoms with Gasteiger partial charge in [0, 0.05) is 23.9 Å². The fourth-order valence-electron chi connectivity index (χ4n) is 5.93. The molecule has 0 unspecified atom stereocenters. The summed E-state index contributed by atoms with van der Waals surface area (Å²) in [4.78, 5) is 5.12. The van der Waals surface area contributed by atoms with Gasteiger partial charge in [-0.15, -0.1) is 0 Å². The van der Waals surface area contributed by atoms with Crippen LogP contribution < -0.4 is 0 Å². The zero-order valence-electron chi connectivity index (χ0n) is 22.8. The van der Waals surface area contributed by atoms with E-state index in [1.54, 1.807) is 0 Å². The van der Waals surface area contributed by atoms with Gasteiger partial charge in [-0.25, -0.2) is 0 Å². The third-order valence-corrected chi connectivity index (χ3v) is 8.71. The largest absolute Gasteiger partial charge is 0.459 e. The van der Waals surface area contributed by atoms with Crippen LogP contribution in [0.2, 0.25) is 0 Å². The van der Waals surface area contributed by atoms with Gasteiger partial charge in [-0.2, -0.15) is 0 Å². The normalized spacial score (nSPS) is 16.0. The van der Waals surface area contributed by atoms with Gasteiger partial charge in [0.05, 0.1) is 13.1 Å². The summed E-state index contributed by atoms with van der Waals surface area (Å²) in [5, 5.41) is 2.61. The maximum absolute atomic E-state index is 6.39. The number of nitrogens with zero attached hydrogens (tertiary/aromatic N) is 2. The van der Waals surface area contributed by atoms with Crippen molar-refractivity contribution in [2.45, 2.75) is 74.9 Å². The van der Waals surface area contributed by atoms with Crippen molar-refractivity contribution in [1.82, 2.24) is 9.80 Å². The van der Waals surface area contributed by atoms with Gasteiger partial charge in [0.2, 0.25) is 0 Å². The zero-order chi connectivity index (χ0) is 25.0. The molecular weight excluding hydrogens is 432 g/mol. The lowest BCUT2D eigenvalue weighted by molar-refractivity contribution is 0.227. The van der Waals surface area contributed by atoms with Gasteiger partial charge < -0.3 is 8.83 Å². The van der Waals surface area contributed by atoms with Gasteiger partial charge in [0.25, 0.3) is 0 Å². The minimum atomic E-state index is 0.882. The molecule has 0 bridgehead atoms. The van der Waals surface area contributed by atoms with Crippen LogP contribution in [0.1, 0.15) is 62.4 Å². The monoisotopic (exact) mass is 472 g/mol. The number of rotatable bonds is 4. The average molecular weight is 473 g/mol. The molecule has 0 N–H and O–H groups in total. The molecule has 2 aromatic carbocycles. The van der Waals surface area contributed by atoms with Gasteiger partial charge in [-0.3, -0.25) is 9.80 Å². The highest BCUT2D eigenvalue weighted by Gasteiger charge is 2.22. The van der Waals surface area contributed by atoms with E-state index in [0.717, 1.165) is 68.4 Å². The van der Waals surface area contributed by atoms with Crippen LogP contribution in [0.3, 0.4) is 0 Å². The molecule has 4 heteroatoms. The van der Waals surface area contributed by atoms with Crippen LogP contribution in [0.25, 0.3) is 21.9 Å². The van der Waals surface area contributed by atoms with E-state index in [0.29, 0.717) is 0 Å². The molecular formula is C31H40N2O2. The molecule has 1 saturated heterocycles. The van der Waals surface area contributed by atoms with Gasteiger partial charge in [-0.05, 0) is 132 Å². The Morgan fingerprint density at radius 1 is 0.543 bits per heavy atom. The summed E-state index contributed by atoms with van der Waals surface area (Å²) >= 11 is 0. The van der Waals surface area contributed by atoms with E-state index in [1.165, 1.54) is 55.3 Å². The molecule has 0 amide bonds. The molecule has 1 fully saturated rings. The molecule has 1 aliphatic heterocycles. The first kappa shape index (κ1) is 24.1. The van der Waals surface area contributed by atoms with Crippen LogP contribution in [0.15, 0.2) is 21.0 Å². The van der Waals surface area contributed by atoms with Crippen molar-refractivity contribution < 1.29 is 8.83 Å². The summed E-state index contributed by atoms with van der Waals surface area (Å²) in [7, 11) is 0. The second-order valence-electron chi connectivity index (χ2n) is 10.8. The second-order valence-corrected chi connectivity index (χ2v) is 10.8. The minimum Gasteiger partial charge on any atom is -0.459 e. The molecule has 3 heterocycles. The minimum absolute atomic E-state index is 0.882. The highest BCUT2D eigenvalue weighted by Crippen LogP contribution is 2.34. The maximum Gasteiger partial charge on any atom is 0.135 e. The molecule has 0 spiro atoms. The number of hydrogen-bond donors (Lipinski definition) is 0. The Labute approximate surface area is 209 Å². The maximum atomic E-state index is 6.39. The topological polar surface area (TPSA) is 32.8 Å². The van der Waals surface area contributed by atoms with Gasteiger partial charge >= 0.3 is 0 Å². The van der Waals surface area contributed by atoms with E-state index in [2.05, 4.69) is 77.3 Å². The van der Waals surface area contributed by atoms with Crippen LogP contribution in [0.4, 0.5) is 0 Å². The summed E-state index contributed by atoms with van der Waals surface area (Å²) in [6.07, 6.45) is 1.16. The highest BCUT2D eigenvalue weighted by atomic mass is 16.3. The summed E-state index contributed by atoms with van der Waals surface area (Å²) in [6.45, 7) is 23.7. The van der Waals surface area contributed by atoms with E-state index >= 15 is 0 Å². The van der Waals surface area contributed by atoms with Crippen molar-refractivity contribution in [3.63, 3.8) is 0 Å². The molecule has 0 aliphatic carbocycles. The van der Waals surface area contributed by atoms with Gasteiger partial charge in [-0.1, -0.05) is 0 Å². The average Bonchev–Trinajstić information content (AvgIpc) is 3.17. The predicted molar refractivity (Wildman–Crippen MR) is 145 cm³/mol. The molecule has 5 rings (SSSR count). The standard InChI is InChI=1S/C31H40N2O2/c1-18-14-26-30(22(5)20(18)3)24(7)28(34-26)16-32-10-9-11-33(13-12-32)17-29-25(8)31-23(6)21(4)19(2)15-27(31)35-29/h14-15H,9-13,16-17H2,1-8H3. The number of hydrogen-bond acceptors (Lipinski definition) is 4. The Balaban J connectivity index is 1.31. The highest BCUT2D eigenvalue weighted by molar-refractivity contribution is 5.88. The summed E-state index contributed by atoms with van der Waals surface area (Å²) in [5.74, 6) is 2.24. The Morgan fingerprint density at radius 2 is 0.943 bits per heavy atom. The van der Waals surface area contributed by atoms with Crippen molar-refractivity contribution in [2.75, 3.05) is 26.2 Å². The van der Waals surface area contributed by atoms with E-state index in [4.69, 9.17) is 8.83 Å². The smallest absolute Gasteiger partial charge is 0.135 e. The first-order chi connectivity index (χ1) is 16.7. The van der Waals surface area contributed by atoms with E-state index < -0.39 is 0 Å². The van der Waals surface area contributed by atoms with Crippen LogP contribution in [-0.4, -0.2) is 36.0 Å². The lowest BCUT2D eigenvalue weighted by Crippen LogP contribution is -2.30. The summed E-state index contributed by atoms with van der Waals surface area (Å²) in [6, 6.07) is 4.41. The molecule has 35 heavy (non-hydrogen) atoms. The van der Waals surface area contributed by atoms with Gasteiger partial charge in [0.1, 0.15) is 22.7 Å². The van der Waals surface area contributed by atoms with Crippen molar-refractivity contribution in [1.29, 1.82) is 0 Å². The predicted octanol–water partition coefficient (Wildman–Crippen LogP) is 7.35. The van der Waals surface area contributed by atoms with Crippen molar-refractivity contribution in [2.24, 2.45) is 0 Å². The van der Waals surface area contributed by atoms with Gasteiger partial charge in [0.15, 0.2) is 0 Å². The Hall–Kier alpha value is -2.56.